The highest BCUT2D eigenvalue weighted by molar-refractivity contribution is 9.09. The zero-order valence-corrected chi connectivity index (χ0v) is 8.41. The van der Waals surface area contributed by atoms with Crippen molar-refractivity contribution in [1.82, 2.24) is 0 Å². The predicted molar refractivity (Wildman–Crippen MR) is 48.0 cm³/mol. The molecule has 2 atom stereocenters. The third-order valence-electron chi connectivity index (χ3n) is 1.45. The molecule has 0 aromatic rings. The van der Waals surface area contributed by atoms with Crippen LogP contribution in [0.5, 0.6) is 0 Å². The van der Waals surface area contributed by atoms with Crippen LogP contribution in [0.2, 0.25) is 0 Å². The molecule has 0 radical (unpaired) electrons. The van der Waals surface area contributed by atoms with Gasteiger partial charge in [-0.25, -0.2) is 0 Å². The van der Waals surface area contributed by atoms with Crippen molar-refractivity contribution in [3.05, 3.63) is 12.2 Å². The zero-order valence-electron chi connectivity index (χ0n) is 6.83. The van der Waals surface area contributed by atoms with E-state index in [0.29, 0.717) is 6.61 Å². The van der Waals surface area contributed by atoms with Gasteiger partial charge in [-0.15, -0.1) is 0 Å². The molecule has 4 heteroatoms. The fourth-order valence-corrected chi connectivity index (χ4v) is 1.42. The highest BCUT2D eigenvalue weighted by Gasteiger charge is 2.15. The van der Waals surface area contributed by atoms with E-state index in [0.717, 1.165) is 6.42 Å². The molecule has 1 heterocycles. The Morgan fingerprint density at radius 2 is 2.58 bits per heavy atom. The summed E-state index contributed by atoms with van der Waals surface area (Å²) in [6.07, 6.45) is 4.67. The third kappa shape index (κ3) is 3.36. The van der Waals surface area contributed by atoms with E-state index in [-0.39, 0.29) is 17.1 Å². The lowest BCUT2D eigenvalue weighted by atomic mass is 10.2. The number of carbonyl (C=O) groups excluding carboxylic acids is 1. The molecule has 0 saturated carbocycles. The van der Waals surface area contributed by atoms with Gasteiger partial charge in [-0.3, -0.25) is 4.79 Å². The van der Waals surface area contributed by atoms with Gasteiger partial charge in [0.1, 0.15) is 17.7 Å². The van der Waals surface area contributed by atoms with Gasteiger partial charge in [0.15, 0.2) is 0 Å². The predicted octanol–water partition coefficient (Wildman–Crippen LogP) is 1.62. The normalized spacial score (nSPS) is 28.5. The van der Waals surface area contributed by atoms with Gasteiger partial charge < -0.3 is 9.47 Å². The molecule has 0 amide bonds. The van der Waals surface area contributed by atoms with E-state index in [1.54, 1.807) is 0 Å². The van der Waals surface area contributed by atoms with Crippen molar-refractivity contribution in [2.45, 2.75) is 24.5 Å². The molecule has 1 aliphatic rings. The molecule has 1 aliphatic heterocycles. The minimum Gasteiger partial charge on any atom is -0.463 e. The summed E-state index contributed by atoms with van der Waals surface area (Å²) in [4.78, 5) is 10.5. The van der Waals surface area contributed by atoms with Gasteiger partial charge in [-0.05, 0) is 0 Å². The first-order valence-electron chi connectivity index (χ1n) is 3.78. The van der Waals surface area contributed by atoms with Crippen molar-refractivity contribution in [3.63, 3.8) is 0 Å². The third-order valence-corrected chi connectivity index (χ3v) is 2.04. The largest absolute Gasteiger partial charge is 0.463 e. The van der Waals surface area contributed by atoms with Crippen molar-refractivity contribution in [1.29, 1.82) is 0 Å². The topological polar surface area (TPSA) is 35.5 Å². The molecule has 0 fully saturated rings. The number of hydrogen-bond acceptors (Lipinski definition) is 3. The Morgan fingerprint density at radius 3 is 3.17 bits per heavy atom. The molecule has 0 spiro atoms. The van der Waals surface area contributed by atoms with Crippen LogP contribution >= 0.6 is 15.9 Å². The van der Waals surface area contributed by atoms with Gasteiger partial charge in [-0.1, -0.05) is 28.1 Å². The van der Waals surface area contributed by atoms with E-state index in [4.69, 9.17) is 9.47 Å². The number of carbonyl (C=O) groups is 1. The lowest BCUT2D eigenvalue weighted by Crippen LogP contribution is -2.25. The van der Waals surface area contributed by atoms with Crippen LogP contribution in [0.15, 0.2) is 12.2 Å². The summed E-state index contributed by atoms with van der Waals surface area (Å²) in [5.41, 5.74) is 0. The second kappa shape index (κ2) is 4.62. The smallest absolute Gasteiger partial charge is 0.302 e. The first kappa shape index (κ1) is 9.74. The Labute approximate surface area is 79.9 Å². The maximum Gasteiger partial charge on any atom is 0.302 e. The van der Waals surface area contributed by atoms with Crippen molar-refractivity contribution < 1.29 is 14.3 Å². The van der Waals surface area contributed by atoms with Crippen molar-refractivity contribution >= 4 is 21.9 Å². The van der Waals surface area contributed by atoms with Gasteiger partial charge in [0.25, 0.3) is 0 Å². The quantitative estimate of drug-likeness (QED) is 0.414. The van der Waals surface area contributed by atoms with Crippen molar-refractivity contribution in [2.24, 2.45) is 0 Å². The van der Waals surface area contributed by atoms with Crippen LogP contribution in [0.1, 0.15) is 13.3 Å². The summed E-state index contributed by atoms with van der Waals surface area (Å²) in [6, 6.07) is 0. The van der Waals surface area contributed by atoms with E-state index < -0.39 is 0 Å². The highest BCUT2D eigenvalue weighted by Crippen LogP contribution is 2.17. The van der Waals surface area contributed by atoms with Crippen LogP contribution in [0.4, 0.5) is 0 Å². The molecule has 1 rings (SSSR count). The Morgan fingerprint density at radius 1 is 1.83 bits per heavy atom. The van der Waals surface area contributed by atoms with Crippen LogP contribution in [-0.4, -0.2) is 23.7 Å². The Balaban J connectivity index is 2.28. The van der Waals surface area contributed by atoms with Crippen LogP contribution in [0.3, 0.4) is 0 Å². The fourth-order valence-electron chi connectivity index (χ4n) is 0.922. The van der Waals surface area contributed by atoms with Gasteiger partial charge in [0, 0.05) is 13.3 Å². The van der Waals surface area contributed by atoms with Gasteiger partial charge in [-0.2, -0.15) is 0 Å². The average Bonchev–Trinajstić information content (AvgIpc) is 2.01. The van der Waals surface area contributed by atoms with E-state index in [9.17, 15) is 4.79 Å². The Kier molecular flexibility index (Phi) is 3.75. The van der Waals surface area contributed by atoms with Gasteiger partial charge >= 0.3 is 5.97 Å². The molecular formula is C8H11BrO3. The molecule has 0 saturated heterocycles. The molecule has 0 aliphatic carbocycles. The molecule has 0 aromatic heterocycles. The maximum atomic E-state index is 10.5. The average molecular weight is 235 g/mol. The molecular weight excluding hydrogens is 224 g/mol. The van der Waals surface area contributed by atoms with E-state index in [1.807, 2.05) is 12.2 Å². The van der Waals surface area contributed by atoms with Crippen LogP contribution in [-0.2, 0) is 14.3 Å². The number of rotatable bonds is 2. The van der Waals surface area contributed by atoms with Gasteiger partial charge in [0.05, 0.1) is 0 Å². The summed E-state index contributed by atoms with van der Waals surface area (Å²) >= 11 is 3.32. The standard InChI is InChI=1S/C8H11BrO3/c1-6(10)11-5-7-3-2-4-8(9)12-7/h2-3,7-8H,4-5H2,1H3/t7-,8?/m1/s1. The first-order chi connectivity index (χ1) is 5.68. The SMILES string of the molecule is CC(=O)OC[C@H]1C=CCC(Br)O1. The number of hydrogen-bond donors (Lipinski definition) is 0. The number of halogens is 1. The molecule has 0 aromatic carbocycles. The monoisotopic (exact) mass is 234 g/mol. The second-order valence-electron chi connectivity index (χ2n) is 2.55. The minimum atomic E-state index is -0.274. The van der Waals surface area contributed by atoms with Crippen LogP contribution in [0, 0.1) is 0 Å². The van der Waals surface area contributed by atoms with E-state index >= 15 is 0 Å². The minimum absolute atomic E-state index is 0.0445. The van der Waals surface area contributed by atoms with Crippen molar-refractivity contribution in [2.75, 3.05) is 6.61 Å². The first-order valence-corrected chi connectivity index (χ1v) is 4.69. The molecule has 3 nitrogen and oxygen atoms in total. The lowest BCUT2D eigenvalue weighted by molar-refractivity contribution is -0.144. The second-order valence-corrected chi connectivity index (χ2v) is 3.57. The lowest BCUT2D eigenvalue weighted by Gasteiger charge is -2.21. The molecule has 1 unspecified atom stereocenters. The summed E-state index contributed by atoms with van der Waals surface area (Å²) in [6.45, 7) is 1.69. The summed E-state index contributed by atoms with van der Waals surface area (Å²) < 4.78 is 10.2. The molecule has 0 N–H and O–H groups in total. The summed E-state index contributed by atoms with van der Waals surface area (Å²) in [7, 11) is 0. The summed E-state index contributed by atoms with van der Waals surface area (Å²) in [5, 5.41) is 0.0445. The maximum absolute atomic E-state index is 10.5. The Bertz CT molecular complexity index is 191. The fraction of sp³-hybridized carbons (Fsp3) is 0.625. The van der Waals surface area contributed by atoms with Crippen LogP contribution < -0.4 is 0 Å². The number of alkyl halides is 1. The van der Waals surface area contributed by atoms with Gasteiger partial charge in [0.2, 0.25) is 0 Å². The zero-order chi connectivity index (χ0) is 8.97. The molecule has 68 valence electrons. The molecule has 12 heavy (non-hydrogen) atoms. The van der Waals surface area contributed by atoms with Crippen molar-refractivity contribution in [3.8, 4) is 0 Å². The summed E-state index contributed by atoms with van der Waals surface area (Å²) in [5.74, 6) is -0.274. The highest BCUT2D eigenvalue weighted by atomic mass is 79.9. The number of esters is 1. The van der Waals surface area contributed by atoms with E-state index in [1.165, 1.54) is 6.92 Å². The number of ether oxygens (including phenoxy) is 2. The molecule has 0 bridgehead atoms. The van der Waals surface area contributed by atoms with Crippen LogP contribution in [0.25, 0.3) is 0 Å². The van der Waals surface area contributed by atoms with E-state index in [2.05, 4.69) is 15.9 Å². The Hall–Kier alpha value is -0.350.